The molecule has 0 aliphatic carbocycles. The van der Waals surface area contributed by atoms with Gasteiger partial charge in [-0.2, -0.15) is 0 Å². The van der Waals surface area contributed by atoms with Crippen molar-refractivity contribution in [1.82, 2.24) is 4.98 Å². The molecule has 0 aliphatic heterocycles. The number of furan rings is 1. The van der Waals surface area contributed by atoms with E-state index in [0.29, 0.717) is 0 Å². The normalized spacial score (nSPS) is 11.5. The molecule has 2 aromatic heterocycles. The van der Waals surface area contributed by atoms with Crippen molar-refractivity contribution < 1.29 is 4.42 Å². The summed E-state index contributed by atoms with van der Waals surface area (Å²) < 4.78 is 6.33. The van der Waals surface area contributed by atoms with Crippen LogP contribution in [0.4, 0.5) is 17.1 Å². The summed E-state index contributed by atoms with van der Waals surface area (Å²) in [5.41, 5.74) is 13.8. The van der Waals surface area contributed by atoms with E-state index in [1.54, 1.807) is 0 Å². The van der Waals surface area contributed by atoms with E-state index in [0.717, 1.165) is 50.0 Å². The molecule has 0 bridgehead atoms. The highest BCUT2D eigenvalue weighted by Gasteiger charge is 2.18. The SMILES string of the molecule is c1ccc(-c2ccc(N(c3ccc(-c4ccc(-c5ccccc5)c5ccccc45)cc3)c3ccc4oc5cc6ccccc6nc5c4c3)cc2)cc1. The molecule has 0 spiro atoms. The van der Waals surface area contributed by atoms with Crippen LogP contribution in [0.15, 0.2) is 199 Å². The lowest BCUT2D eigenvalue weighted by Gasteiger charge is -2.26. The molecule has 0 saturated carbocycles. The molecule has 3 nitrogen and oxygen atoms in total. The van der Waals surface area contributed by atoms with Gasteiger partial charge >= 0.3 is 0 Å². The highest BCUT2D eigenvalue weighted by molar-refractivity contribution is 6.08. The summed E-state index contributed by atoms with van der Waals surface area (Å²) in [6.45, 7) is 0. The average Bonchev–Trinajstić information content (AvgIpc) is 3.57. The third-order valence-electron chi connectivity index (χ3n) is 10.1. The van der Waals surface area contributed by atoms with Gasteiger partial charge in [0.2, 0.25) is 0 Å². The third-order valence-corrected chi connectivity index (χ3v) is 10.1. The van der Waals surface area contributed by atoms with Crippen LogP contribution in [-0.4, -0.2) is 4.98 Å². The maximum atomic E-state index is 6.33. The van der Waals surface area contributed by atoms with Crippen molar-refractivity contribution in [2.75, 3.05) is 4.90 Å². The minimum absolute atomic E-state index is 0.791. The van der Waals surface area contributed by atoms with Gasteiger partial charge in [0, 0.05) is 27.8 Å². The molecule has 10 rings (SSSR count). The maximum Gasteiger partial charge on any atom is 0.154 e. The zero-order chi connectivity index (χ0) is 34.4. The summed E-state index contributed by atoms with van der Waals surface area (Å²) in [4.78, 5) is 7.35. The Labute approximate surface area is 301 Å². The number of aromatic nitrogens is 1. The Morgan fingerprint density at radius 2 is 0.885 bits per heavy atom. The molecule has 0 aliphatic rings. The number of hydrogen-bond donors (Lipinski definition) is 0. The molecule has 0 fully saturated rings. The number of pyridine rings is 1. The van der Waals surface area contributed by atoms with Gasteiger partial charge in [-0.15, -0.1) is 0 Å². The van der Waals surface area contributed by atoms with Crippen LogP contribution in [0.1, 0.15) is 0 Å². The fourth-order valence-corrected chi connectivity index (χ4v) is 7.51. The van der Waals surface area contributed by atoms with Crippen LogP contribution in [-0.2, 0) is 0 Å². The molecule has 10 aromatic rings. The summed E-state index contributed by atoms with van der Waals surface area (Å²) in [6, 6.07) is 68.8. The van der Waals surface area contributed by atoms with E-state index in [4.69, 9.17) is 9.40 Å². The summed E-state index contributed by atoms with van der Waals surface area (Å²) in [5.74, 6) is 0. The van der Waals surface area contributed by atoms with Crippen LogP contribution in [0.25, 0.3) is 77.1 Å². The molecule has 0 N–H and O–H groups in total. The van der Waals surface area contributed by atoms with Gasteiger partial charge in [0.1, 0.15) is 11.1 Å². The fourth-order valence-electron chi connectivity index (χ4n) is 7.51. The van der Waals surface area contributed by atoms with Crippen LogP contribution in [0.2, 0.25) is 0 Å². The van der Waals surface area contributed by atoms with E-state index < -0.39 is 0 Å². The molecule has 244 valence electrons. The standard InChI is InChI=1S/C49H32N2O/c1-3-11-33(12-4-1)34-19-23-38(24-20-34)51(40-27-30-47-45(32-40)49-48(52-47)31-37-15-7-10-18-46(37)50-49)39-25-21-36(22-26-39)42-29-28-41(35-13-5-2-6-14-35)43-16-8-9-17-44(42)43/h1-32H. The summed E-state index contributed by atoms with van der Waals surface area (Å²) >= 11 is 0. The van der Waals surface area contributed by atoms with Crippen LogP contribution in [0.5, 0.6) is 0 Å². The zero-order valence-corrected chi connectivity index (χ0v) is 28.3. The minimum Gasteiger partial charge on any atom is -0.454 e. The van der Waals surface area contributed by atoms with Crippen molar-refractivity contribution in [3.8, 4) is 33.4 Å². The lowest BCUT2D eigenvalue weighted by molar-refractivity contribution is 0.669. The number of rotatable bonds is 6. The monoisotopic (exact) mass is 664 g/mol. The number of hydrogen-bond acceptors (Lipinski definition) is 3. The number of nitrogens with zero attached hydrogens (tertiary/aromatic N) is 2. The quantitative estimate of drug-likeness (QED) is 0.177. The first-order chi connectivity index (χ1) is 25.8. The lowest BCUT2D eigenvalue weighted by atomic mass is 9.92. The topological polar surface area (TPSA) is 29.3 Å². The van der Waals surface area contributed by atoms with Gasteiger partial charge in [-0.25, -0.2) is 4.98 Å². The molecular formula is C49H32N2O. The number of fused-ring (bicyclic) bond motifs is 5. The molecule has 0 unspecified atom stereocenters. The molecule has 0 atom stereocenters. The van der Waals surface area contributed by atoms with E-state index in [-0.39, 0.29) is 0 Å². The van der Waals surface area contributed by atoms with Gasteiger partial charge in [-0.3, -0.25) is 0 Å². The van der Waals surface area contributed by atoms with Crippen molar-refractivity contribution in [2.45, 2.75) is 0 Å². The first kappa shape index (κ1) is 29.9. The van der Waals surface area contributed by atoms with Gasteiger partial charge < -0.3 is 9.32 Å². The molecule has 52 heavy (non-hydrogen) atoms. The number of anilines is 3. The van der Waals surface area contributed by atoms with Gasteiger partial charge in [0.25, 0.3) is 0 Å². The van der Waals surface area contributed by atoms with Crippen LogP contribution in [0.3, 0.4) is 0 Å². The molecule has 8 aromatic carbocycles. The molecule has 3 heteroatoms. The van der Waals surface area contributed by atoms with E-state index in [2.05, 4.69) is 187 Å². The lowest BCUT2D eigenvalue weighted by Crippen LogP contribution is -2.09. The van der Waals surface area contributed by atoms with Gasteiger partial charge in [0.15, 0.2) is 5.58 Å². The van der Waals surface area contributed by atoms with Crippen LogP contribution in [0, 0.1) is 0 Å². The Morgan fingerprint density at radius 3 is 1.56 bits per heavy atom. The van der Waals surface area contributed by atoms with Crippen molar-refractivity contribution in [3.63, 3.8) is 0 Å². The Morgan fingerprint density at radius 1 is 0.365 bits per heavy atom. The number of para-hydroxylation sites is 1. The van der Waals surface area contributed by atoms with E-state index in [1.165, 1.54) is 44.2 Å². The zero-order valence-electron chi connectivity index (χ0n) is 28.3. The Kier molecular flexibility index (Phi) is 7.14. The molecule has 0 saturated heterocycles. The number of benzene rings is 8. The smallest absolute Gasteiger partial charge is 0.154 e. The minimum atomic E-state index is 0.791. The van der Waals surface area contributed by atoms with Crippen molar-refractivity contribution in [3.05, 3.63) is 194 Å². The second kappa shape index (κ2) is 12.4. The van der Waals surface area contributed by atoms with Crippen molar-refractivity contribution >= 4 is 60.8 Å². The predicted molar refractivity (Wildman–Crippen MR) is 218 cm³/mol. The van der Waals surface area contributed by atoms with E-state index in [9.17, 15) is 0 Å². The average molecular weight is 665 g/mol. The van der Waals surface area contributed by atoms with E-state index in [1.807, 2.05) is 12.1 Å². The highest BCUT2D eigenvalue weighted by atomic mass is 16.3. The first-order valence-electron chi connectivity index (χ1n) is 17.6. The summed E-state index contributed by atoms with van der Waals surface area (Å²) in [5, 5.41) is 4.54. The summed E-state index contributed by atoms with van der Waals surface area (Å²) in [7, 11) is 0. The highest BCUT2D eigenvalue weighted by Crippen LogP contribution is 2.41. The fraction of sp³-hybridized carbons (Fsp3) is 0. The Bertz CT molecular complexity index is 2880. The van der Waals surface area contributed by atoms with Gasteiger partial charge in [-0.1, -0.05) is 140 Å². The van der Waals surface area contributed by atoms with Crippen molar-refractivity contribution in [2.24, 2.45) is 0 Å². The molecule has 2 heterocycles. The van der Waals surface area contributed by atoms with Gasteiger partial charge in [-0.05, 0) is 98.8 Å². The predicted octanol–water partition coefficient (Wildman–Crippen LogP) is 13.8. The second-order valence-electron chi connectivity index (χ2n) is 13.2. The van der Waals surface area contributed by atoms with E-state index >= 15 is 0 Å². The van der Waals surface area contributed by atoms with Crippen LogP contribution >= 0.6 is 0 Å². The van der Waals surface area contributed by atoms with Crippen molar-refractivity contribution in [1.29, 1.82) is 0 Å². The largest absolute Gasteiger partial charge is 0.454 e. The Hall–Kier alpha value is -6.97. The molecule has 0 radical (unpaired) electrons. The second-order valence-corrected chi connectivity index (χ2v) is 13.2. The molecule has 0 amide bonds. The maximum absolute atomic E-state index is 6.33. The molecular weight excluding hydrogens is 633 g/mol. The summed E-state index contributed by atoms with van der Waals surface area (Å²) in [6.07, 6.45) is 0. The van der Waals surface area contributed by atoms with Gasteiger partial charge in [0.05, 0.1) is 5.52 Å². The first-order valence-corrected chi connectivity index (χ1v) is 17.6. The van der Waals surface area contributed by atoms with Crippen LogP contribution < -0.4 is 4.90 Å². The Balaban J connectivity index is 1.09. The third kappa shape index (κ3) is 5.19.